The number of ether oxygens (including phenoxy) is 1. The van der Waals surface area contributed by atoms with Crippen molar-refractivity contribution < 1.29 is 14.6 Å². The summed E-state index contributed by atoms with van der Waals surface area (Å²) < 4.78 is 7.07. The van der Waals surface area contributed by atoms with Crippen molar-refractivity contribution in [2.45, 2.75) is 26.8 Å². The smallest absolute Gasteiger partial charge is 0.352 e. The Morgan fingerprint density at radius 1 is 1.59 bits per heavy atom. The Morgan fingerprint density at radius 2 is 2.29 bits per heavy atom. The second kappa shape index (κ2) is 6.67. The highest BCUT2D eigenvalue weighted by Crippen LogP contribution is 2.14. The van der Waals surface area contributed by atoms with E-state index in [0.29, 0.717) is 24.1 Å². The van der Waals surface area contributed by atoms with Crippen LogP contribution in [0.3, 0.4) is 0 Å². The lowest BCUT2D eigenvalue weighted by molar-refractivity contribution is 0.0682. The van der Waals surface area contributed by atoms with Crippen LogP contribution in [0.5, 0.6) is 0 Å². The molecule has 0 saturated carbocycles. The van der Waals surface area contributed by atoms with Crippen LogP contribution in [0.25, 0.3) is 0 Å². The topological polar surface area (TPSA) is 51.5 Å². The second-order valence-electron chi connectivity index (χ2n) is 4.36. The molecule has 0 spiro atoms. The number of carboxylic acid groups (broad SMARTS) is 1. The van der Waals surface area contributed by atoms with Crippen molar-refractivity contribution >= 4 is 17.6 Å². The Kier molecular flexibility index (Phi) is 5.51. The Bertz CT molecular complexity index is 374. The van der Waals surface area contributed by atoms with Crippen LogP contribution in [-0.2, 0) is 11.3 Å². The van der Waals surface area contributed by atoms with Crippen LogP contribution >= 0.6 is 11.6 Å². The standard InChI is InChI=1S/C12H18ClNO3/c1-9(2)8-17-5-3-4-14-7-10(13)6-11(14)12(15)16/h6-7,9H,3-5,8H2,1-2H3,(H,15,16). The van der Waals surface area contributed by atoms with Gasteiger partial charge in [0.1, 0.15) is 5.69 Å². The van der Waals surface area contributed by atoms with E-state index < -0.39 is 5.97 Å². The summed E-state index contributed by atoms with van der Waals surface area (Å²) in [4.78, 5) is 10.9. The molecule has 1 N–H and O–H groups in total. The van der Waals surface area contributed by atoms with Crippen molar-refractivity contribution in [2.75, 3.05) is 13.2 Å². The highest BCUT2D eigenvalue weighted by Gasteiger charge is 2.11. The van der Waals surface area contributed by atoms with Crippen molar-refractivity contribution in [3.8, 4) is 0 Å². The lowest BCUT2D eigenvalue weighted by Gasteiger charge is -2.08. The van der Waals surface area contributed by atoms with E-state index in [1.807, 2.05) is 0 Å². The Labute approximate surface area is 106 Å². The van der Waals surface area contributed by atoms with Crippen LogP contribution in [0.15, 0.2) is 12.3 Å². The number of halogens is 1. The molecule has 1 heterocycles. The van der Waals surface area contributed by atoms with Crippen molar-refractivity contribution in [3.63, 3.8) is 0 Å². The molecule has 0 aromatic carbocycles. The summed E-state index contributed by atoms with van der Waals surface area (Å²) in [5.74, 6) is -0.439. The number of aromatic nitrogens is 1. The largest absolute Gasteiger partial charge is 0.477 e. The van der Waals surface area contributed by atoms with Gasteiger partial charge in [0.05, 0.1) is 5.02 Å². The molecule has 0 aliphatic heterocycles. The second-order valence-corrected chi connectivity index (χ2v) is 4.80. The Morgan fingerprint density at radius 3 is 2.88 bits per heavy atom. The van der Waals surface area contributed by atoms with Gasteiger partial charge in [-0.05, 0) is 18.4 Å². The molecular weight excluding hydrogens is 242 g/mol. The minimum Gasteiger partial charge on any atom is -0.477 e. The summed E-state index contributed by atoms with van der Waals surface area (Å²) in [5.41, 5.74) is 0.221. The van der Waals surface area contributed by atoms with Gasteiger partial charge in [-0.15, -0.1) is 0 Å². The van der Waals surface area contributed by atoms with Crippen LogP contribution in [0, 0.1) is 5.92 Å². The molecule has 0 atom stereocenters. The monoisotopic (exact) mass is 259 g/mol. The average Bonchev–Trinajstić information content (AvgIpc) is 2.59. The van der Waals surface area contributed by atoms with Gasteiger partial charge in [-0.3, -0.25) is 0 Å². The number of nitrogens with zero attached hydrogens (tertiary/aromatic N) is 1. The summed E-state index contributed by atoms with van der Waals surface area (Å²) in [5, 5.41) is 9.39. The van der Waals surface area contributed by atoms with Gasteiger partial charge in [0, 0.05) is 26.0 Å². The minimum atomic E-state index is -0.958. The van der Waals surface area contributed by atoms with Gasteiger partial charge < -0.3 is 14.4 Å². The maximum Gasteiger partial charge on any atom is 0.352 e. The van der Waals surface area contributed by atoms with Gasteiger partial charge >= 0.3 is 5.97 Å². The van der Waals surface area contributed by atoms with Gasteiger partial charge in [0.15, 0.2) is 0 Å². The SMILES string of the molecule is CC(C)COCCCn1cc(Cl)cc1C(=O)O. The normalized spacial score (nSPS) is 11.1. The van der Waals surface area contributed by atoms with Crippen LogP contribution in [-0.4, -0.2) is 28.9 Å². The number of carbonyl (C=O) groups is 1. The summed E-state index contributed by atoms with van der Waals surface area (Å²) in [7, 11) is 0. The molecule has 0 aliphatic rings. The lowest BCUT2D eigenvalue weighted by atomic mass is 10.2. The third kappa shape index (κ3) is 4.79. The van der Waals surface area contributed by atoms with Gasteiger partial charge in [0.2, 0.25) is 0 Å². The number of aromatic carboxylic acids is 1. The van der Waals surface area contributed by atoms with Crippen molar-refractivity contribution in [1.29, 1.82) is 0 Å². The number of carboxylic acids is 1. The summed E-state index contributed by atoms with van der Waals surface area (Å²) >= 11 is 5.78. The number of hydrogen-bond acceptors (Lipinski definition) is 2. The number of hydrogen-bond donors (Lipinski definition) is 1. The zero-order valence-electron chi connectivity index (χ0n) is 10.1. The zero-order chi connectivity index (χ0) is 12.8. The van der Waals surface area contributed by atoms with Crippen molar-refractivity contribution in [3.05, 3.63) is 23.0 Å². The van der Waals surface area contributed by atoms with Crippen LogP contribution in [0.1, 0.15) is 30.8 Å². The van der Waals surface area contributed by atoms with E-state index in [2.05, 4.69) is 13.8 Å². The van der Waals surface area contributed by atoms with Gasteiger partial charge in [-0.2, -0.15) is 0 Å². The zero-order valence-corrected chi connectivity index (χ0v) is 10.9. The Balaban J connectivity index is 2.38. The lowest BCUT2D eigenvalue weighted by Crippen LogP contribution is -2.10. The summed E-state index contributed by atoms with van der Waals surface area (Å²) in [6, 6.07) is 1.46. The summed E-state index contributed by atoms with van der Waals surface area (Å²) in [6.07, 6.45) is 2.41. The first kappa shape index (κ1) is 14.1. The fourth-order valence-corrected chi connectivity index (χ4v) is 1.72. The molecule has 4 nitrogen and oxygen atoms in total. The predicted molar refractivity (Wildman–Crippen MR) is 66.7 cm³/mol. The first-order chi connectivity index (χ1) is 8.00. The molecule has 1 aromatic heterocycles. The third-order valence-electron chi connectivity index (χ3n) is 2.22. The highest BCUT2D eigenvalue weighted by molar-refractivity contribution is 6.30. The van der Waals surface area contributed by atoms with Crippen molar-refractivity contribution in [2.24, 2.45) is 5.92 Å². The maximum absolute atomic E-state index is 10.9. The summed E-state index contributed by atoms with van der Waals surface area (Å²) in [6.45, 7) is 6.15. The van der Waals surface area contributed by atoms with Crippen LogP contribution in [0.2, 0.25) is 5.02 Å². The maximum atomic E-state index is 10.9. The quantitative estimate of drug-likeness (QED) is 0.766. The third-order valence-corrected chi connectivity index (χ3v) is 2.43. The van der Waals surface area contributed by atoms with E-state index in [1.54, 1.807) is 10.8 Å². The van der Waals surface area contributed by atoms with E-state index in [0.717, 1.165) is 13.0 Å². The van der Waals surface area contributed by atoms with Crippen LogP contribution in [0.4, 0.5) is 0 Å². The molecule has 1 aromatic rings. The van der Waals surface area contributed by atoms with Gasteiger partial charge in [-0.1, -0.05) is 25.4 Å². The first-order valence-electron chi connectivity index (χ1n) is 5.67. The molecule has 17 heavy (non-hydrogen) atoms. The molecule has 0 amide bonds. The van der Waals surface area contributed by atoms with E-state index in [-0.39, 0.29) is 5.69 Å². The minimum absolute atomic E-state index is 0.221. The fourth-order valence-electron chi connectivity index (χ4n) is 1.49. The highest BCUT2D eigenvalue weighted by atomic mass is 35.5. The molecule has 96 valence electrons. The number of aryl methyl sites for hydroxylation is 1. The molecule has 5 heteroatoms. The molecule has 0 fully saturated rings. The molecule has 0 unspecified atom stereocenters. The molecule has 0 saturated heterocycles. The van der Waals surface area contributed by atoms with Gasteiger partial charge in [0.25, 0.3) is 0 Å². The van der Waals surface area contributed by atoms with E-state index in [1.165, 1.54) is 6.07 Å². The van der Waals surface area contributed by atoms with E-state index in [4.69, 9.17) is 21.4 Å². The fraction of sp³-hybridized carbons (Fsp3) is 0.583. The Hall–Kier alpha value is -1.00. The molecule has 1 rings (SSSR count). The van der Waals surface area contributed by atoms with E-state index >= 15 is 0 Å². The predicted octanol–water partition coefficient (Wildman–Crippen LogP) is 2.90. The van der Waals surface area contributed by atoms with Crippen LogP contribution < -0.4 is 0 Å². The molecule has 0 bridgehead atoms. The molecular formula is C12H18ClNO3. The molecule has 0 radical (unpaired) electrons. The average molecular weight is 260 g/mol. The molecule has 0 aliphatic carbocycles. The number of rotatable bonds is 7. The van der Waals surface area contributed by atoms with E-state index in [9.17, 15) is 4.79 Å². The van der Waals surface area contributed by atoms with Gasteiger partial charge in [-0.25, -0.2) is 4.79 Å². The van der Waals surface area contributed by atoms with Crippen molar-refractivity contribution in [1.82, 2.24) is 4.57 Å². The first-order valence-corrected chi connectivity index (χ1v) is 6.05.